The van der Waals surface area contributed by atoms with Gasteiger partial charge >= 0.3 is 5.97 Å². The van der Waals surface area contributed by atoms with Gasteiger partial charge in [-0.3, -0.25) is 4.79 Å². The predicted molar refractivity (Wildman–Crippen MR) is 58.5 cm³/mol. The molecule has 1 N–H and O–H groups in total. The summed E-state index contributed by atoms with van der Waals surface area (Å²) in [6, 6.07) is 6.54. The van der Waals surface area contributed by atoms with Crippen molar-refractivity contribution >= 4 is 17.6 Å². The topological polar surface area (TPSA) is 70.3 Å². The van der Waals surface area contributed by atoms with Gasteiger partial charge in [-0.05, 0) is 19.1 Å². The van der Waals surface area contributed by atoms with Crippen LogP contribution in [0.3, 0.4) is 0 Å². The fourth-order valence-corrected chi connectivity index (χ4v) is 1.39. The van der Waals surface area contributed by atoms with Crippen LogP contribution < -0.4 is 4.74 Å². The fraction of sp³-hybridized carbons (Fsp3) is 0.273. The Balaban J connectivity index is 2.72. The fourth-order valence-electron chi connectivity index (χ4n) is 1.18. The Morgan fingerprint density at radius 1 is 1.69 bits per heavy atom. The maximum atomic E-state index is 10.4. The summed E-state index contributed by atoms with van der Waals surface area (Å²) < 4.78 is 5.33. The SMILES string of the molecule is C[C@@H](CC(=O)O)Oc1ccc(C#N)c(Cl)c1. The summed E-state index contributed by atoms with van der Waals surface area (Å²) in [5.41, 5.74) is 0.361. The molecule has 0 aliphatic rings. The molecule has 0 saturated heterocycles. The molecule has 1 rings (SSSR count). The first kappa shape index (κ1) is 12.3. The van der Waals surface area contributed by atoms with Crippen LogP contribution in [0.5, 0.6) is 5.75 Å². The minimum atomic E-state index is -0.924. The highest BCUT2D eigenvalue weighted by molar-refractivity contribution is 6.31. The van der Waals surface area contributed by atoms with Crippen LogP contribution in [0.1, 0.15) is 18.9 Å². The van der Waals surface area contributed by atoms with Gasteiger partial charge in [0, 0.05) is 6.07 Å². The summed E-state index contributed by atoms with van der Waals surface area (Å²) in [6.45, 7) is 1.65. The second-order valence-corrected chi connectivity index (χ2v) is 3.69. The van der Waals surface area contributed by atoms with E-state index in [1.54, 1.807) is 13.0 Å². The molecule has 84 valence electrons. The number of carboxylic acids is 1. The van der Waals surface area contributed by atoms with Crippen LogP contribution in [0.15, 0.2) is 18.2 Å². The van der Waals surface area contributed by atoms with Gasteiger partial charge < -0.3 is 9.84 Å². The van der Waals surface area contributed by atoms with Gasteiger partial charge in [0.15, 0.2) is 0 Å². The number of hydrogen-bond acceptors (Lipinski definition) is 3. The molecule has 0 saturated carbocycles. The summed E-state index contributed by atoms with van der Waals surface area (Å²) in [4.78, 5) is 10.4. The van der Waals surface area contributed by atoms with E-state index in [9.17, 15) is 4.79 Å². The van der Waals surface area contributed by atoms with Gasteiger partial charge in [-0.25, -0.2) is 0 Å². The molecular formula is C11H10ClNO3. The maximum absolute atomic E-state index is 10.4. The zero-order chi connectivity index (χ0) is 12.1. The van der Waals surface area contributed by atoms with E-state index < -0.39 is 12.1 Å². The summed E-state index contributed by atoms with van der Waals surface area (Å²) in [7, 11) is 0. The van der Waals surface area contributed by atoms with Gasteiger partial charge in [-0.1, -0.05) is 11.6 Å². The van der Waals surface area contributed by atoms with Crippen LogP contribution in [-0.2, 0) is 4.79 Å². The number of carboxylic acid groups (broad SMARTS) is 1. The first-order valence-electron chi connectivity index (χ1n) is 4.61. The third kappa shape index (κ3) is 3.44. The third-order valence-electron chi connectivity index (χ3n) is 1.86. The highest BCUT2D eigenvalue weighted by Gasteiger charge is 2.10. The first-order valence-corrected chi connectivity index (χ1v) is 4.99. The number of benzene rings is 1. The summed E-state index contributed by atoms with van der Waals surface area (Å²) in [6.07, 6.45) is -0.529. The van der Waals surface area contributed by atoms with Crippen LogP contribution in [0.4, 0.5) is 0 Å². The second-order valence-electron chi connectivity index (χ2n) is 3.28. The summed E-state index contributed by atoms with van der Waals surface area (Å²) in [5.74, 6) is -0.468. The Morgan fingerprint density at radius 3 is 2.88 bits per heavy atom. The summed E-state index contributed by atoms with van der Waals surface area (Å²) in [5, 5.41) is 17.5. The van der Waals surface area contributed by atoms with Gasteiger partial charge in [-0.2, -0.15) is 5.26 Å². The molecule has 0 aromatic heterocycles. The van der Waals surface area contributed by atoms with Gasteiger partial charge in [0.2, 0.25) is 0 Å². The smallest absolute Gasteiger partial charge is 0.307 e. The van der Waals surface area contributed by atoms with Crippen molar-refractivity contribution in [3.8, 4) is 11.8 Å². The van der Waals surface area contributed by atoms with E-state index >= 15 is 0 Å². The van der Waals surface area contributed by atoms with Crippen molar-refractivity contribution in [2.75, 3.05) is 0 Å². The van der Waals surface area contributed by atoms with Crippen molar-refractivity contribution in [1.82, 2.24) is 0 Å². The molecule has 1 aromatic carbocycles. The third-order valence-corrected chi connectivity index (χ3v) is 2.17. The molecule has 0 aliphatic heterocycles. The molecule has 16 heavy (non-hydrogen) atoms. The molecule has 4 nitrogen and oxygen atoms in total. The molecule has 0 aliphatic carbocycles. The molecule has 0 fully saturated rings. The molecule has 0 amide bonds. The molecule has 0 spiro atoms. The van der Waals surface area contributed by atoms with Crippen LogP contribution in [0.2, 0.25) is 5.02 Å². The van der Waals surface area contributed by atoms with E-state index in [-0.39, 0.29) is 6.42 Å². The van der Waals surface area contributed by atoms with Crippen molar-refractivity contribution in [3.63, 3.8) is 0 Å². The number of aliphatic carboxylic acids is 1. The highest BCUT2D eigenvalue weighted by Crippen LogP contribution is 2.23. The van der Waals surface area contributed by atoms with E-state index in [1.807, 2.05) is 6.07 Å². The van der Waals surface area contributed by atoms with Crippen molar-refractivity contribution in [1.29, 1.82) is 5.26 Å². The maximum Gasteiger partial charge on any atom is 0.307 e. The van der Waals surface area contributed by atoms with Crippen molar-refractivity contribution in [3.05, 3.63) is 28.8 Å². The number of nitriles is 1. The van der Waals surface area contributed by atoms with Crippen LogP contribution in [0.25, 0.3) is 0 Å². The van der Waals surface area contributed by atoms with Crippen LogP contribution in [-0.4, -0.2) is 17.2 Å². The lowest BCUT2D eigenvalue weighted by atomic mass is 10.2. The van der Waals surface area contributed by atoms with E-state index in [0.29, 0.717) is 16.3 Å². The Labute approximate surface area is 98.0 Å². The zero-order valence-electron chi connectivity index (χ0n) is 8.61. The van der Waals surface area contributed by atoms with E-state index in [4.69, 9.17) is 26.7 Å². The van der Waals surface area contributed by atoms with E-state index in [2.05, 4.69) is 0 Å². The zero-order valence-corrected chi connectivity index (χ0v) is 9.36. The average Bonchev–Trinajstić information content (AvgIpc) is 2.16. The van der Waals surface area contributed by atoms with Crippen molar-refractivity contribution in [2.45, 2.75) is 19.4 Å². The van der Waals surface area contributed by atoms with Crippen LogP contribution in [0, 0.1) is 11.3 Å². The molecule has 0 radical (unpaired) electrons. The minimum Gasteiger partial charge on any atom is -0.490 e. The minimum absolute atomic E-state index is 0.0857. The lowest BCUT2D eigenvalue weighted by Crippen LogP contribution is -2.16. The number of hydrogen-bond donors (Lipinski definition) is 1. The van der Waals surface area contributed by atoms with E-state index in [0.717, 1.165) is 0 Å². The van der Waals surface area contributed by atoms with Gasteiger partial charge in [-0.15, -0.1) is 0 Å². The first-order chi connectivity index (χ1) is 7.52. The molecule has 0 heterocycles. The van der Waals surface area contributed by atoms with Gasteiger partial charge in [0.25, 0.3) is 0 Å². The average molecular weight is 240 g/mol. The Hall–Kier alpha value is -1.73. The number of nitrogens with zero attached hydrogens (tertiary/aromatic N) is 1. The monoisotopic (exact) mass is 239 g/mol. The Morgan fingerprint density at radius 2 is 2.38 bits per heavy atom. The number of halogens is 1. The second kappa shape index (κ2) is 5.38. The standard InChI is InChI=1S/C11H10ClNO3/c1-7(4-11(14)15)16-9-3-2-8(6-13)10(12)5-9/h2-3,5,7H,4H2,1H3,(H,14,15)/t7-/m0/s1. The molecule has 5 heteroatoms. The van der Waals surface area contributed by atoms with Gasteiger partial charge in [0.05, 0.1) is 17.0 Å². The number of ether oxygens (including phenoxy) is 1. The molecule has 1 atom stereocenters. The molecule has 1 aromatic rings. The largest absolute Gasteiger partial charge is 0.490 e. The summed E-state index contributed by atoms with van der Waals surface area (Å²) >= 11 is 5.80. The van der Waals surface area contributed by atoms with Crippen molar-refractivity contribution < 1.29 is 14.6 Å². The van der Waals surface area contributed by atoms with Gasteiger partial charge in [0.1, 0.15) is 17.9 Å². The normalized spacial score (nSPS) is 11.6. The predicted octanol–water partition coefficient (Wildman–Crippen LogP) is 2.45. The quantitative estimate of drug-likeness (QED) is 0.876. The Bertz CT molecular complexity index is 439. The van der Waals surface area contributed by atoms with Crippen molar-refractivity contribution in [2.24, 2.45) is 0 Å². The molecule has 0 unspecified atom stereocenters. The van der Waals surface area contributed by atoms with E-state index in [1.165, 1.54) is 12.1 Å². The Kier molecular flexibility index (Phi) is 4.15. The molecular weight excluding hydrogens is 230 g/mol. The molecule has 0 bridgehead atoms. The number of rotatable bonds is 4. The lowest BCUT2D eigenvalue weighted by Gasteiger charge is -2.12. The lowest BCUT2D eigenvalue weighted by molar-refractivity contribution is -0.138. The van der Waals surface area contributed by atoms with Crippen LogP contribution >= 0.6 is 11.6 Å². The highest BCUT2D eigenvalue weighted by atomic mass is 35.5. The number of carbonyl (C=O) groups is 1.